The van der Waals surface area contributed by atoms with Crippen LogP contribution in [0, 0.1) is 6.92 Å². The number of hydrogen-bond acceptors (Lipinski definition) is 3. The van der Waals surface area contributed by atoms with Crippen LogP contribution in [0.4, 0.5) is 0 Å². The van der Waals surface area contributed by atoms with Gasteiger partial charge in [-0.25, -0.2) is 0 Å². The van der Waals surface area contributed by atoms with E-state index in [0.29, 0.717) is 12.1 Å². The number of benzene rings is 2. The number of aryl methyl sites for hydroxylation is 1. The predicted molar refractivity (Wildman–Crippen MR) is 98.2 cm³/mol. The number of ether oxygens (including phenoxy) is 1. The van der Waals surface area contributed by atoms with E-state index >= 15 is 0 Å². The quantitative estimate of drug-likeness (QED) is 0.894. The summed E-state index contributed by atoms with van der Waals surface area (Å²) in [6.07, 6.45) is 1.04. The summed E-state index contributed by atoms with van der Waals surface area (Å²) in [5, 5.41) is 6.50. The first-order chi connectivity index (χ1) is 11.2. The van der Waals surface area contributed by atoms with Crippen LogP contribution in [-0.4, -0.2) is 26.1 Å². The van der Waals surface area contributed by atoms with Gasteiger partial charge in [0.1, 0.15) is 5.75 Å². The highest BCUT2D eigenvalue weighted by Crippen LogP contribution is 2.22. The van der Waals surface area contributed by atoms with Crippen molar-refractivity contribution in [1.82, 2.24) is 10.6 Å². The van der Waals surface area contributed by atoms with E-state index < -0.39 is 0 Å². The largest absolute Gasteiger partial charge is 0.496 e. The Labute approximate surface area is 149 Å². The lowest BCUT2D eigenvalue weighted by atomic mass is 9.94. The third-order valence-electron chi connectivity index (χ3n) is 4.35. The first kappa shape index (κ1) is 18.3. The Hall–Kier alpha value is -2.04. The fraction of sp³-hybridized carbons (Fsp3) is 0.316. The summed E-state index contributed by atoms with van der Waals surface area (Å²) in [5.74, 6) is 0.659. The Balaban J connectivity index is 0.00000208. The Morgan fingerprint density at radius 1 is 1.29 bits per heavy atom. The van der Waals surface area contributed by atoms with Crippen molar-refractivity contribution in [1.29, 1.82) is 0 Å². The molecule has 0 spiro atoms. The van der Waals surface area contributed by atoms with E-state index in [1.165, 1.54) is 11.1 Å². The van der Waals surface area contributed by atoms with Gasteiger partial charge in [0, 0.05) is 18.2 Å². The number of nitrogens with one attached hydrogen (secondary N) is 2. The minimum atomic E-state index is -0.0758. The third kappa shape index (κ3) is 3.89. The van der Waals surface area contributed by atoms with Gasteiger partial charge in [-0.05, 0) is 48.7 Å². The standard InChI is InChI=1S/C19H22N2O2.ClH/c1-13-7-8-15(11-18(13)23-2)19(22)21-12-17-16-6-4-3-5-14(16)9-10-20-17;/h3-8,11,17,20H,9-10,12H2,1-2H3,(H,21,22);1H. The zero-order valence-corrected chi connectivity index (χ0v) is 14.8. The summed E-state index contributed by atoms with van der Waals surface area (Å²) >= 11 is 0. The molecule has 0 fully saturated rings. The highest BCUT2D eigenvalue weighted by Gasteiger charge is 2.20. The zero-order valence-electron chi connectivity index (χ0n) is 14.0. The first-order valence-corrected chi connectivity index (χ1v) is 7.93. The van der Waals surface area contributed by atoms with Gasteiger partial charge < -0.3 is 15.4 Å². The zero-order chi connectivity index (χ0) is 16.2. The number of halogens is 1. The van der Waals surface area contributed by atoms with Crippen LogP contribution in [0.15, 0.2) is 42.5 Å². The van der Waals surface area contributed by atoms with Crippen molar-refractivity contribution < 1.29 is 9.53 Å². The average molecular weight is 347 g/mol. The van der Waals surface area contributed by atoms with Crippen molar-refractivity contribution in [3.63, 3.8) is 0 Å². The van der Waals surface area contributed by atoms with Crippen molar-refractivity contribution in [2.45, 2.75) is 19.4 Å². The minimum Gasteiger partial charge on any atom is -0.496 e. The van der Waals surface area contributed by atoms with Crippen molar-refractivity contribution in [3.05, 3.63) is 64.7 Å². The molecule has 4 nitrogen and oxygen atoms in total. The van der Waals surface area contributed by atoms with E-state index in [9.17, 15) is 4.79 Å². The van der Waals surface area contributed by atoms with Crippen LogP contribution in [0.1, 0.15) is 33.1 Å². The molecule has 0 aromatic heterocycles. The Kier molecular flexibility index (Phi) is 6.23. The summed E-state index contributed by atoms with van der Waals surface area (Å²) in [6.45, 7) is 3.48. The number of methoxy groups -OCH3 is 1. The van der Waals surface area contributed by atoms with Gasteiger partial charge in [-0.15, -0.1) is 12.4 Å². The fourth-order valence-corrected chi connectivity index (χ4v) is 3.03. The molecule has 1 atom stereocenters. The molecule has 0 saturated carbocycles. The van der Waals surface area contributed by atoms with Gasteiger partial charge in [-0.2, -0.15) is 0 Å². The van der Waals surface area contributed by atoms with E-state index in [2.05, 4.69) is 28.8 Å². The summed E-state index contributed by atoms with van der Waals surface area (Å²) in [5.41, 5.74) is 4.28. The number of carbonyl (C=O) groups excluding carboxylic acids is 1. The van der Waals surface area contributed by atoms with Gasteiger partial charge in [-0.1, -0.05) is 30.3 Å². The van der Waals surface area contributed by atoms with Gasteiger partial charge in [-0.3, -0.25) is 4.79 Å². The summed E-state index contributed by atoms with van der Waals surface area (Å²) in [4.78, 5) is 12.4. The predicted octanol–water partition coefficient (Wildman–Crippen LogP) is 3.04. The maximum atomic E-state index is 12.4. The second-order valence-corrected chi connectivity index (χ2v) is 5.85. The fourth-order valence-electron chi connectivity index (χ4n) is 3.03. The normalized spacial score (nSPS) is 15.8. The molecule has 2 N–H and O–H groups in total. The number of hydrogen-bond donors (Lipinski definition) is 2. The Morgan fingerprint density at radius 2 is 2.08 bits per heavy atom. The topological polar surface area (TPSA) is 50.4 Å². The molecule has 1 heterocycles. The first-order valence-electron chi connectivity index (χ1n) is 7.93. The highest BCUT2D eigenvalue weighted by molar-refractivity contribution is 5.94. The van der Waals surface area contributed by atoms with Crippen LogP contribution in [0.5, 0.6) is 5.75 Å². The van der Waals surface area contributed by atoms with Crippen molar-refractivity contribution in [2.75, 3.05) is 20.2 Å². The number of amides is 1. The molecule has 24 heavy (non-hydrogen) atoms. The molecule has 0 bridgehead atoms. The van der Waals surface area contributed by atoms with E-state index in [1.54, 1.807) is 13.2 Å². The monoisotopic (exact) mass is 346 g/mol. The van der Waals surface area contributed by atoms with Gasteiger partial charge in [0.05, 0.1) is 7.11 Å². The van der Waals surface area contributed by atoms with Crippen molar-refractivity contribution >= 4 is 18.3 Å². The van der Waals surface area contributed by atoms with Crippen LogP contribution in [-0.2, 0) is 6.42 Å². The van der Waals surface area contributed by atoms with E-state index in [0.717, 1.165) is 24.3 Å². The lowest BCUT2D eigenvalue weighted by molar-refractivity contribution is 0.0948. The minimum absolute atomic E-state index is 0. The maximum Gasteiger partial charge on any atom is 0.251 e. The smallest absolute Gasteiger partial charge is 0.251 e. The van der Waals surface area contributed by atoms with Crippen molar-refractivity contribution in [2.24, 2.45) is 0 Å². The van der Waals surface area contributed by atoms with Gasteiger partial charge in [0.2, 0.25) is 0 Å². The molecular formula is C19H23ClN2O2. The Morgan fingerprint density at radius 3 is 2.88 bits per heavy atom. The third-order valence-corrected chi connectivity index (χ3v) is 4.35. The van der Waals surface area contributed by atoms with Crippen LogP contribution in [0.25, 0.3) is 0 Å². The molecule has 5 heteroatoms. The highest BCUT2D eigenvalue weighted by atomic mass is 35.5. The second kappa shape index (κ2) is 8.18. The number of fused-ring (bicyclic) bond motifs is 1. The molecule has 0 aliphatic carbocycles. The van der Waals surface area contributed by atoms with Crippen LogP contribution < -0.4 is 15.4 Å². The molecule has 0 radical (unpaired) electrons. The molecular weight excluding hydrogens is 324 g/mol. The summed E-state index contributed by atoms with van der Waals surface area (Å²) < 4.78 is 5.28. The molecule has 1 aliphatic heterocycles. The van der Waals surface area contributed by atoms with Crippen LogP contribution in [0.3, 0.4) is 0 Å². The molecule has 1 aliphatic rings. The summed E-state index contributed by atoms with van der Waals surface area (Å²) in [6, 6.07) is 14.1. The molecule has 3 rings (SSSR count). The van der Waals surface area contributed by atoms with Crippen LogP contribution in [0.2, 0.25) is 0 Å². The molecule has 128 valence electrons. The molecule has 1 amide bonds. The lowest BCUT2D eigenvalue weighted by Gasteiger charge is -2.27. The Bertz CT molecular complexity index is 718. The van der Waals surface area contributed by atoms with Gasteiger partial charge in [0.15, 0.2) is 0 Å². The molecule has 2 aromatic carbocycles. The average Bonchev–Trinajstić information content (AvgIpc) is 2.60. The SMILES string of the molecule is COc1cc(C(=O)NCC2NCCc3ccccc32)ccc1C.Cl. The maximum absolute atomic E-state index is 12.4. The van der Waals surface area contributed by atoms with Gasteiger partial charge in [0.25, 0.3) is 5.91 Å². The number of rotatable bonds is 4. The summed E-state index contributed by atoms with van der Waals surface area (Å²) in [7, 11) is 1.62. The van der Waals surface area contributed by atoms with Gasteiger partial charge >= 0.3 is 0 Å². The molecule has 2 aromatic rings. The second-order valence-electron chi connectivity index (χ2n) is 5.85. The van der Waals surface area contributed by atoms with Crippen LogP contribution >= 0.6 is 12.4 Å². The van der Waals surface area contributed by atoms with E-state index in [-0.39, 0.29) is 24.4 Å². The molecule has 0 saturated heterocycles. The number of carbonyl (C=O) groups is 1. The molecule has 1 unspecified atom stereocenters. The van der Waals surface area contributed by atoms with E-state index in [4.69, 9.17) is 4.74 Å². The van der Waals surface area contributed by atoms with Crippen molar-refractivity contribution in [3.8, 4) is 5.75 Å². The lowest BCUT2D eigenvalue weighted by Crippen LogP contribution is -2.38. The van der Waals surface area contributed by atoms with E-state index in [1.807, 2.05) is 25.1 Å².